The van der Waals surface area contributed by atoms with Crippen LogP contribution in [0.3, 0.4) is 0 Å². The minimum absolute atomic E-state index is 0.905. The van der Waals surface area contributed by atoms with Crippen LogP contribution in [0.1, 0.15) is 264 Å². The van der Waals surface area contributed by atoms with Gasteiger partial charge in [0.15, 0.2) is 0 Å². The maximum Gasteiger partial charge on any atom is -0.0414 e. The van der Waals surface area contributed by atoms with Crippen LogP contribution in [0.2, 0.25) is 0 Å². The highest BCUT2D eigenvalue weighted by Crippen LogP contribution is 2.22. The van der Waals surface area contributed by atoms with E-state index in [-0.39, 0.29) is 0 Å². The summed E-state index contributed by atoms with van der Waals surface area (Å²) in [5.41, 5.74) is 0. The molecule has 0 rings (SSSR count). The molecule has 0 aromatic rings. The summed E-state index contributed by atoms with van der Waals surface area (Å²) in [5, 5.41) is 0. The molecule has 0 fully saturated rings. The van der Waals surface area contributed by atoms with Gasteiger partial charge >= 0.3 is 0 Å². The molecule has 0 N–H and O–H groups in total. The maximum absolute atomic E-state index is 4.27. The lowest BCUT2D eigenvalue weighted by molar-refractivity contribution is 0.404. The number of rotatable bonds is 39. The van der Waals surface area contributed by atoms with Crippen LogP contribution >= 0.6 is 0 Å². The fourth-order valence-corrected chi connectivity index (χ4v) is 7.10. The second kappa shape index (κ2) is 40.0. The highest BCUT2D eigenvalue weighted by Gasteiger charge is 2.06. The smallest absolute Gasteiger partial charge is 0.0414 e. The molecule has 1 unspecified atom stereocenters. The first-order chi connectivity index (χ1) is 21.3. The lowest BCUT2D eigenvalue weighted by Gasteiger charge is -2.14. The Hall–Kier alpha value is 0. The van der Waals surface area contributed by atoms with Gasteiger partial charge in [0.25, 0.3) is 0 Å². The molecule has 0 spiro atoms. The van der Waals surface area contributed by atoms with Crippen LogP contribution in [-0.2, 0) is 0 Å². The van der Waals surface area contributed by atoms with Crippen molar-refractivity contribution in [2.45, 2.75) is 264 Å². The fraction of sp³-hybridized carbons (Fsp3) is 0.977. The molecule has 0 aliphatic rings. The van der Waals surface area contributed by atoms with Crippen molar-refractivity contribution in [2.75, 3.05) is 0 Å². The third kappa shape index (κ3) is 38.1. The molecule has 0 aliphatic carbocycles. The van der Waals surface area contributed by atoms with Gasteiger partial charge in [0.05, 0.1) is 0 Å². The molecule has 259 valence electrons. The molecular weight excluding hydrogens is 516 g/mol. The van der Waals surface area contributed by atoms with E-state index >= 15 is 0 Å². The van der Waals surface area contributed by atoms with Gasteiger partial charge in [-0.1, -0.05) is 271 Å². The summed E-state index contributed by atoms with van der Waals surface area (Å²) in [6, 6.07) is 0. The van der Waals surface area contributed by atoms with E-state index in [9.17, 15) is 0 Å². The van der Waals surface area contributed by atoms with Crippen LogP contribution in [0, 0.1) is 12.8 Å². The summed E-state index contributed by atoms with van der Waals surface area (Å²) in [5.74, 6) is 0.905. The molecule has 1 atom stereocenters. The Balaban J connectivity index is 3.21. The van der Waals surface area contributed by atoms with Crippen molar-refractivity contribution in [3.63, 3.8) is 0 Å². The van der Waals surface area contributed by atoms with Gasteiger partial charge in [-0.2, -0.15) is 0 Å². The van der Waals surface area contributed by atoms with Crippen molar-refractivity contribution in [1.29, 1.82) is 0 Å². The molecule has 0 saturated heterocycles. The zero-order valence-corrected chi connectivity index (χ0v) is 30.9. The summed E-state index contributed by atoms with van der Waals surface area (Å²) in [6.45, 7) is 8.89. The van der Waals surface area contributed by atoms with Gasteiger partial charge in [-0.15, -0.1) is 0 Å². The lowest BCUT2D eigenvalue weighted by Crippen LogP contribution is -1.99. The van der Waals surface area contributed by atoms with E-state index in [1.807, 2.05) is 0 Å². The minimum Gasteiger partial charge on any atom is -0.0654 e. The van der Waals surface area contributed by atoms with E-state index < -0.39 is 0 Å². The minimum atomic E-state index is 0.905. The zero-order valence-electron chi connectivity index (χ0n) is 30.9. The molecule has 0 amide bonds. The maximum atomic E-state index is 4.27. The second-order valence-electron chi connectivity index (χ2n) is 14.8. The van der Waals surface area contributed by atoms with Crippen molar-refractivity contribution < 1.29 is 0 Å². The molecular formula is C43H87. The SMILES string of the molecule is [CH2]CC(CCCCCCCCCCCCCC)CCCCCCCCCCCCCCCCCCCCCCCCCC. The van der Waals surface area contributed by atoms with Gasteiger partial charge in [0.2, 0.25) is 0 Å². The van der Waals surface area contributed by atoms with Crippen LogP contribution in [0.15, 0.2) is 0 Å². The van der Waals surface area contributed by atoms with Gasteiger partial charge in [-0.05, 0) is 5.92 Å². The predicted molar refractivity (Wildman–Crippen MR) is 200 cm³/mol. The summed E-state index contributed by atoms with van der Waals surface area (Å²) in [7, 11) is 0. The summed E-state index contributed by atoms with van der Waals surface area (Å²) >= 11 is 0. The van der Waals surface area contributed by atoms with Gasteiger partial charge in [0.1, 0.15) is 0 Å². The van der Waals surface area contributed by atoms with Crippen LogP contribution in [-0.4, -0.2) is 0 Å². The van der Waals surface area contributed by atoms with E-state index in [0.29, 0.717) is 0 Å². The third-order valence-corrected chi connectivity index (χ3v) is 10.3. The molecule has 43 heavy (non-hydrogen) atoms. The van der Waals surface area contributed by atoms with Crippen LogP contribution < -0.4 is 0 Å². The average Bonchev–Trinajstić information content (AvgIpc) is 3.02. The number of unbranched alkanes of at least 4 members (excludes halogenated alkanes) is 34. The Bertz CT molecular complexity index is 453. The molecule has 0 nitrogen and oxygen atoms in total. The number of hydrogen-bond acceptors (Lipinski definition) is 0. The van der Waals surface area contributed by atoms with Crippen molar-refractivity contribution >= 4 is 0 Å². The first-order valence-electron chi connectivity index (χ1n) is 21.1. The highest BCUT2D eigenvalue weighted by atomic mass is 14.1. The normalized spacial score (nSPS) is 12.3. The Labute approximate surface area is 276 Å². The van der Waals surface area contributed by atoms with Crippen LogP contribution in [0.5, 0.6) is 0 Å². The van der Waals surface area contributed by atoms with Crippen molar-refractivity contribution in [3.05, 3.63) is 6.92 Å². The molecule has 0 saturated carbocycles. The Morgan fingerprint density at radius 3 is 0.581 bits per heavy atom. The predicted octanol–water partition coefficient (Wildman–Crippen LogP) is 16.7. The molecule has 0 aliphatic heterocycles. The summed E-state index contributed by atoms with van der Waals surface area (Å²) in [4.78, 5) is 0. The summed E-state index contributed by atoms with van der Waals surface area (Å²) < 4.78 is 0. The molecule has 0 heterocycles. The topological polar surface area (TPSA) is 0 Å². The molecule has 0 bridgehead atoms. The van der Waals surface area contributed by atoms with E-state index in [2.05, 4.69) is 20.8 Å². The first kappa shape index (κ1) is 43.0. The van der Waals surface area contributed by atoms with Crippen LogP contribution in [0.25, 0.3) is 0 Å². The van der Waals surface area contributed by atoms with Crippen LogP contribution in [0.4, 0.5) is 0 Å². The Morgan fingerprint density at radius 1 is 0.256 bits per heavy atom. The van der Waals surface area contributed by atoms with E-state index in [4.69, 9.17) is 0 Å². The molecule has 0 aromatic heterocycles. The van der Waals surface area contributed by atoms with Crippen molar-refractivity contribution in [3.8, 4) is 0 Å². The third-order valence-electron chi connectivity index (χ3n) is 10.3. The quantitative estimate of drug-likeness (QED) is 0.0613. The molecule has 0 aromatic carbocycles. The standard InChI is InChI=1S/C43H87/c1-4-7-9-11-13-15-17-19-20-21-22-23-24-25-26-27-28-29-30-32-34-36-38-40-42-43(6-3)41-39-37-35-33-31-18-16-14-12-10-8-5-2/h43H,3-42H2,1-2H3. The zero-order chi connectivity index (χ0) is 31.2. The number of hydrogen-bond donors (Lipinski definition) is 0. The molecule has 0 heteroatoms. The summed E-state index contributed by atoms with van der Waals surface area (Å²) in [6.07, 6.45) is 57.0. The van der Waals surface area contributed by atoms with Gasteiger partial charge < -0.3 is 0 Å². The molecule has 1 radical (unpaired) electrons. The van der Waals surface area contributed by atoms with E-state index in [0.717, 1.165) is 12.3 Å². The Kier molecular flexibility index (Phi) is 40.0. The van der Waals surface area contributed by atoms with Gasteiger partial charge in [-0.3, -0.25) is 0 Å². The van der Waals surface area contributed by atoms with E-state index in [1.54, 1.807) is 0 Å². The van der Waals surface area contributed by atoms with Crippen molar-refractivity contribution in [2.24, 2.45) is 5.92 Å². The largest absolute Gasteiger partial charge is 0.0654 e. The van der Waals surface area contributed by atoms with Gasteiger partial charge in [-0.25, -0.2) is 0 Å². The lowest BCUT2D eigenvalue weighted by atomic mass is 9.92. The van der Waals surface area contributed by atoms with Crippen molar-refractivity contribution in [1.82, 2.24) is 0 Å². The van der Waals surface area contributed by atoms with E-state index in [1.165, 1.54) is 244 Å². The average molecular weight is 604 g/mol. The Morgan fingerprint density at radius 2 is 0.419 bits per heavy atom. The fourth-order valence-electron chi connectivity index (χ4n) is 7.10. The highest BCUT2D eigenvalue weighted by molar-refractivity contribution is 4.62. The first-order valence-corrected chi connectivity index (χ1v) is 21.1. The van der Waals surface area contributed by atoms with Gasteiger partial charge in [0, 0.05) is 0 Å². The second-order valence-corrected chi connectivity index (χ2v) is 14.8. The monoisotopic (exact) mass is 604 g/mol.